The molecule has 4 atom stereocenters. The molecule has 2 heterocycles. The van der Waals surface area contributed by atoms with Crippen LogP contribution in [-0.4, -0.2) is 28.2 Å². The Labute approximate surface area is 133 Å². The average Bonchev–Trinajstić information content (AvgIpc) is 3.12. The van der Waals surface area contributed by atoms with E-state index in [1.54, 1.807) is 0 Å². The standard InChI is InChI=1S/C18H29N3O/c1-2-21-10-9-19-18(21)17-16(8-11-22-17)20-15-5-3-4-14(12-15)13-6-7-13/h9-10,13-17,20H,2-8,11-12H2,1H3/t14-,15+,16-,17-/m0/s1. The van der Waals surface area contributed by atoms with Gasteiger partial charge in [-0.25, -0.2) is 4.98 Å². The summed E-state index contributed by atoms with van der Waals surface area (Å²) >= 11 is 0. The molecule has 0 aromatic carbocycles. The van der Waals surface area contributed by atoms with Gasteiger partial charge in [-0.15, -0.1) is 0 Å². The predicted molar refractivity (Wildman–Crippen MR) is 86.6 cm³/mol. The van der Waals surface area contributed by atoms with Crippen LogP contribution in [-0.2, 0) is 11.3 Å². The number of ether oxygens (including phenoxy) is 1. The van der Waals surface area contributed by atoms with Crippen LogP contribution in [0.3, 0.4) is 0 Å². The Morgan fingerprint density at radius 1 is 1.23 bits per heavy atom. The second kappa shape index (κ2) is 6.32. The van der Waals surface area contributed by atoms with Crippen LogP contribution in [0.5, 0.6) is 0 Å². The lowest BCUT2D eigenvalue weighted by molar-refractivity contribution is 0.0836. The number of aromatic nitrogens is 2. The van der Waals surface area contributed by atoms with Gasteiger partial charge < -0.3 is 14.6 Å². The molecule has 1 aliphatic heterocycles. The van der Waals surface area contributed by atoms with Crippen molar-refractivity contribution in [2.45, 2.75) is 76.6 Å². The first kappa shape index (κ1) is 14.7. The highest BCUT2D eigenvalue weighted by atomic mass is 16.5. The fraction of sp³-hybridized carbons (Fsp3) is 0.833. The number of hydrogen-bond acceptors (Lipinski definition) is 3. The maximum atomic E-state index is 6.03. The highest BCUT2D eigenvalue weighted by Gasteiger charge is 2.38. The molecule has 3 fully saturated rings. The second-order valence-corrected chi connectivity index (χ2v) is 7.39. The summed E-state index contributed by atoms with van der Waals surface area (Å²) in [7, 11) is 0. The van der Waals surface area contributed by atoms with Crippen LogP contribution in [0, 0.1) is 11.8 Å². The predicted octanol–water partition coefficient (Wildman–Crippen LogP) is 3.29. The van der Waals surface area contributed by atoms with Gasteiger partial charge in [0.15, 0.2) is 0 Å². The monoisotopic (exact) mass is 303 g/mol. The van der Waals surface area contributed by atoms with Crippen molar-refractivity contribution < 1.29 is 4.74 Å². The van der Waals surface area contributed by atoms with Gasteiger partial charge >= 0.3 is 0 Å². The number of hydrogen-bond donors (Lipinski definition) is 1. The van der Waals surface area contributed by atoms with Gasteiger partial charge in [-0.2, -0.15) is 0 Å². The molecule has 3 aliphatic rings. The van der Waals surface area contributed by atoms with E-state index in [1.807, 2.05) is 6.20 Å². The van der Waals surface area contributed by atoms with Crippen LogP contribution in [0.2, 0.25) is 0 Å². The number of rotatable bonds is 5. The highest BCUT2D eigenvalue weighted by molar-refractivity contribution is 5.04. The minimum absolute atomic E-state index is 0.135. The summed E-state index contributed by atoms with van der Waals surface area (Å²) in [5.41, 5.74) is 0. The topological polar surface area (TPSA) is 39.1 Å². The Hall–Kier alpha value is -0.870. The number of aryl methyl sites for hydroxylation is 1. The lowest BCUT2D eigenvalue weighted by Gasteiger charge is -2.33. The van der Waals surface area contributed by atoms with Crippen molar-refractivity contribution in [3.63, 3.8) is 0 Å². The molecule has 0 amide bonds. The maximum absolute atomic E-state index is 6.03. The number of nitrogens with one attached hydrogen (secondary N) is 1. The zero-order valence-corrected chi connectivity index (χ0v) is 13.7. The van der Waals surface area contributed by atoms with E-state index in [4.69, 9.17) is 4.74 Å². The van der Waals surface area contributed by atoms with Crippen molar-refractivity contribution in [3.8, 4) is 0 Å². The van der Waals surface area contributed by atoms with Gasteiger partial charge in [0.1, 0.15) is 11.9 Å². The summed E-state index contributed by atoms with van der Waals surface area (Å²) in [6.07, 6.45) is 13.8. The van der Waals surface area contributed by atoms with Crippen LogP contribution in [0.25, 0.3) is 0 Å². The summed E-state index contributed by atoms with van der Waals surface area (Å²) in [4.78, 5) is 4.56. The van der Waals surface area contributed by atoms with Gasteiger partial charge in [0, 0.05) is 37.6 Å². The van der Waals surface area contributed by atoms with E-state index < -0.39 is 0 Å². The first-order valence-electron chi connectivity index (χ1n) is 9.24. The van der Waals surface area contributed by atoms with Crippen LogP contribution in [0.1, 0.15) is 63.8 Å². The zero-order chi connectivity index (χ0) is 14.9. The summed E-state index contributed by atoms with van der Waals surface area (Å²) in [6.45, 7) is 4.00. The largest absolute Gasteiger partial charge is 0.369 e. The molecule has 0 unspecified atom stereocenters. The van der Waals surface area contributed by atoms with Gasteiger partial charge in [0.25, 0.3) is 0 Å². The van der Waals surface area contributed by atoms with E-state index in [2.05, 4.69) is 28.0 Å². The third kappa shape index (κ3) is 2.95. The van der Waals surface area contributed by atoms with Crippen molar-refractivity contribution >= 4 is 0 Å². The maximum Gasteiger partial charge on any atom is 0.139 e. The van der Waals surface area contributed by atoms with Gasteiger partial charge in [-0.3, -0.25) is 0 Å². The van der Waals surface area contributed by atoms with E-state index in [-0.39, 0.29) is 6.10 Å². The molecule has 0 spiro atoms. The van der Waals surface area contributed by atoms with Crippen molar-refractivity contribution in [1.82, 2.24) is 14.9 Å². The molecule has 4 nitrogen and oxygen atoms in total. The molecule has 4 rings (SSSR count). The highest BCUT2D eigenvalue weighted by Crippen LogP contribution is 2.44. The average molecular weight is 303 g/mol. The first-order valence-corrected chi connectivity index (χ1v) is 9.24. The molecule has 0 bridgehead atoms. The van der Waals surface area contributed by atoms with E-state index in [9.17, 15) is 0 Å². The second-order valence-electron chi connectivity index (χ2n) is 7.39. The lowest BCUT2D eigenvalue weighted by Crippen LogP contribution is -2.43. The fourth-order valence-electron chi connectivity index (χ4n) is 4.54. The third-order valence-corrected chi connectivity index (χ3v) is 5.89. The molecule has 0 radical (unpaired) electrons. The minimum atomic E-state index is 0.135. The summed E-state index contributed by atoms with van der Waals surface area (Å²) in [6, 6.07) is 1.13. The Morgan fingerprint density at radius 3 is 2.95 bits per heavy atom. The lowest BCUT2D eigenvalue weighted by atomic mass is 9.82. The van der Waals surface area contributed by atoms with Crippen LogP contribution in [0.4, 0.5) is 0 Å². The van der Waals surface area contributed by atoms with Crippen molar-refractivity contribution in [2.24, 2.45) is 11.8 Å². The molecule has 2 aliphatic carbocycles. The quantitative estimate of drug-likeness (QED) is 0.907. The van der Waals surface area contributed by atoms with E-state index in [0.29, 0.717) is 12.1 Å². The van der Waals surface area contributed by atoms with Gasteiger partial charge in [-0.05, 0) is 50.9 Å². The molecular formula is C18H29N3O. The minimum Gasteiger partial charge on any atom is -0.369 e. The van der Waals surface area contributed by atoms with Crippen molar-refractivity contribution in [1.29, 1.82) is 0 Å². The van der Waals surface area contributed by atoms with Crippen LogP contribution in [0.15, 0.2) is 12.4 Å². The number of imidazole rings is 1. The SMILES string of the molecule is CCn1ccnc1[C@H]1OCC[C@@H]1N[C@@H]1CCC[C@H](C2CC2)C1. The summed E-state index contributed by atoms with van der Waals surface area (Å²) in [5, 5.41) is 3.94. The van der Waals surface area contributed by atoms with Crippen molar-refractivity contribution in [2.75, 3.05) is 6.61 Å². The molecule has 22 heavy (non-hydrogen) atoms. The Bertz CT molecular complexity index is 496. The van der Waals surface area contributed by atoms with Gasteiger partial charge in [-0.1, -0.05) is 12.8 Å². The Morgan fingerprint density at radius 2 is 2.14 bits per heavy atom. The fourth-order valence-corrected chi connectivity index (χ4v) is 4.54. The molecule has 2 saturated carbocycles. The molecule has 122 valence electrons. The third-order valence-electron chi connectivity index (χ3n) is 5.89. The van der Waals surface area contributed by atoms with Gasteiger partial charge in [0.2, 0.25) is 0 Å². The Kier molecular flexibility index (Phi) is 4.23. The molecular weight excluding hydrogens is 274 g/mol. The van der Waals surface area contributed by atoms with Crippen molar-refractivity contribution in [3.05, 3.63) is 18.2 Å². The smallest absolute Gasteiger partial charge is 0.139 e. The molecule has 4 heteroatoms. The van der Waals surface area contributed by atoms with Gasteiger partial charge in [0.05, 0.1) is 0 Å². The van der Waals surface area contributed by atoms with E-state index in [1.165, 1.54) is 38.5 Å². The summed E-state index contributed by atoms with van der Waals surface area (Å²) < 4.78 is 8.26. The number of nitrogens with zero attached hydrogens (tertiary/aromatic N) is 2. The van der Waals surface area contributed by atoms with Crippen LogP contribution >= 0.6 is 0 Å². The van der Waals surface area contributed by atoms with Crippen LogP contribution < -0.4 is 5.32 Å². The normalized spacial score (nSPS) is 35.9. The zero-order valence-electron chi connectivity index (χ0n) is 13.7. The Balaban J connectivity index is 1.40. The molecule has 1 saturated heterocycles. The van der Waals surface area contributed by atoms with E-state index in [0.717, 1.165) is 37.2 Å². The molecule has 1 aromatic heterocycles. The summed E-state index contributed by atoms with van der Waals surface area (Å²) in [5.74, 6) is 3.15. The van der Waals surface area contributed by atoms with E-state index >= 15 is 0 Å². The molecule has 1 aromatic rings. The first-order chi connectivity index (χ1) is 10.8. The molecule has 1 N–H and O–H groups in total.